The summed E-state index contributed by atoms with van der Waals surface area (Å²) in [7, 11) is 0. The molecule has 2 N–H and O–H groups in total. The van der Waals surface area contributed by atoms with Gasteiger partial charge >= 0.3 is 6.18 Å². The first kappa shape index (κ1) is 21.3. The van der Waals surface area contributed by atoms with Crippen molar-refractivity contribution in [2.45, 2.75) is 25.6 Å². The minimum atomic E-state index is -4.29. The predicted molar refractivity (Wildman–Crippen MR) is 104 cm³/mol. The number of hydroxylamine groups is 2. The molecule has 0 fully saturated rings. The van der Waals surface area contributed by atoms with Crippen molar-refractivity contribution >= 4 is 16.8 Å². The highest BCUT2D eigenvalue weighted by molar-refractivity contribution is 6.00. The number of fused-ring (bicyclic) bond motifs is 3. The quantitative estimate of drug-likeness (QED) is 0.354. The lowest BCUT2D eigenvalue weighted by Crippen LogP contribution is -2.35. The molecule has 3 heterocycles. The van der Waals surface area contributed by atoms with Crippen LogP contribution in [-0.2, 0) is 19.4 Å². The zero-order chi connectivity index (χ0) is 22.2. The SMILES string of the molecule is O=C1c2ncc3c(c(CCNCC(F)(F)F)cn3Cc3ccc(F)cc3)c2CCN1O. The Balaban J connectivity index is 1.71. The van der Waals surface area contributed by atoms with Gasteiger partial charge in [0, 0.05) is 18.1 Å². The van der Waals surface area contributed by atoms with Gasteiger partial charge in [0.05, 0.1) is 24.8 Å². The standard InChI is InChI=1S/C21H20F4N4O2/c22-15-3-1-13(2-4-15)10-28-11-14(5-7-26-12-21(23,24)25)18-16-6-8-29(31)20(30)19(16)27-9-17(18)28/h1-4,9,11,26,31H,5-8,10,12H2. The molecule has 1 aliphatic rings. The van der Waals surface area contributed by atoms with Gasteiger partial charge in [-0.15, -0.1) is 0 Å². The van der Waals surface area contributed by atoms with Crippen molar-refractivity contribution in [1.82, 2.24) is 19.9 Å². The molecule has 1 aliphatic heterocycles. The molecule has 0 unspecified atom stereocenters. The third-order valence-electron chi connectivity index (χ3n) is 5.28. The van der Waals surface area contributed by atoms with Crippen LogP contribution in [0.3, 0.4) is 0 Å². The van der Waals surface area contributed by atoms with E-state index in [1.165, 1.54) is 18.3 Å². The third-order valence-corrected chi connectivity index (χ3v) is 5.28. The average Bonchev–Trinajstić information content (AvgIpc) is 3.07. The Morgan fingerprint density at radius 1 is 1.19 bits per heavy atom. The maximum absolute atomic E-state index is 13.2. The molecule has 1 amide bonds. The molecule has 3 aromatic rings. The van der Waals surface area contributed by atoms with Crippen molar-refractivity contribution in [3.05, 3.63) is 64.9 Å². The number of halogens is 4. The van der Waals surface area contributed by atoms with Gasteiger partial charge in [-0.3, -0.25) is 10.0 Å². The molecule has 2 aromatic heterocycles. The molecular formula is C21H20F4N4O2. The highest BCUT2D eigenvalue weighted by Crippen LogP contribution is 2.30. The zero-order valence-corrected chi connectivity index (χ0v) is 16.4. The van der Waals surface area contributed by atoms with Crippen molar-refractivity contribution in [2.75, 3.05) is 19.6 Å². The number of hydrogen-bond donors (Lipinski definition) is 2. The van der Waals surface area contributed by atoms with Crippen molar-refractivity contribution in [1.29, 1.82) is 0 Å². The van der Waals surface area contributed by atoms with Crippen LogP contribution in [0.2, 0.25) is 0 Å². The van der Waals surface area contributed by atoms with Crippen LogP contribution >= 0.6 is 0 Å². The predicted octanol–water partition coefficient (Wildman–Crippen LogP) is 3.31. The van der Waals surface area contributed by atoms with E-state index in [0.717, 1.165) is 22.0 Å². The van der Waals surface area contributed by atoms with Gasteiger partial charge in [0.2, 0.25) is 0 Å². The molecule has 4 rings (SSSR count). The van der Waals surface area contributed by atoms with Crippen LogP contribution in [0.5, 0.6) is 0 Å². The maximum Gasteiger partial charge on any atom is 0.401 e. The molecule has 0 radical (unpaired) electrons. The van der Waals surface area contributed by atoms with Crippen LogP contribution in [0.1, 0.15) is 27.2 Å². The van der Waals surface area contributed by atoms with Crippen LogP contribution in [0.4, 0.5) is 17.6 Å². The fourth-order valence-electron chi connectivity index (χ4n) is 3.87. The van der Waals surface area contributed by atoms with E-state index in [1.807, 2.05) is 10.8 Å². The van der Waals surface area contributed by atoms with Gasteiger partial charge in [-0.2, -0.15) is 13.2 Å². The number of pyridine rings is 1. The Labute approximate surface area is 175 Å². The highest BCUT2D eigenvalue weighted by Gasteiger charge is 2.29. The van der Waals surface area contributed by atoms with Crippen LogP contribution in [-0.4, -0.2) is 51.5 Å². The number of nitrogens with zero attached hydrogens (tertiary/aromatic N) is 3. The Hall–Kier alpha value is -2.98. The number of hydrogen-bond acceptors (Lipinski definition) is 4. The normalized spacial score (nSPS) is 14.4. The monoisotopic (exact) mass is 436 g/mol. The minimum absolute atomic E-state index is 0.104. The number of alkyl halides is 3. The van der Waals surface area contributed by atoms with Gasteiger partial charge in [0.25, 0.3) is 5.91 Å². The molecule has 0 saturated heterocycles. The summed E-state index contributed by atoms with van der Waals surface area (Å²) in [6, 6.07) is 6.03. The van der Waals surface area contributed by atoms with E-state index in [-0.39, 0.29) is 24.6 Å². The molecule has 0 saturated carbocycles. The molecule has 0 spiro atoms. The van der Waals surface area contributed by atoms with Crippen molar-refractivity contribution in [2.24, 2.45) is 0 Å². The third kappa shape index (κ3) is 4.54. The van der Waals surface area contributed by atoms with Crippen LogP contribution in [0.15, 0.2) is 36.7 Å². The molecule has 1 aromatic carbocycles. The fraction of sp³-hybridized carbons (Fsp3) is 0.333. The largest absolute Gasteiger partial charge is 0.401 e. The number of carbonyl (C=O) groups excluding carboxylic acids is 1. The van der Waals surface area contributed by atoms with Crippen LogP contribution in [0.25, 0.3) is 10.9 Å². The van der Waals surface area contributed by atoms with Crippen LogP contribution in [0, 0.1) is 5.82 Å². The van der Waals surface area contributed by atoms with Crippen molar-refractivity contribution < 1.29 is 27.6 Å². The van der Waals surface area contributed by atoms with E-state index < -0.39 is 18.6 Å². The lowest BCUT2D eigenvalue weighted by Gasteiger charge is -2.23. The summed E-state index contributed by atoms with van der Waals surface area (Å²) in [5.74, 6) is -0.948. The summed E-state index contributed by atoms with van der Waals surface area (Å²) in [4.78, 5) is 16.5. The minimum Gasteiger partial charge on any atom is -0.342 e. The molecular weight excluding hydrogens is 416 g/mol. The number of benzene rings is 1. The van der Waals surface area contributed by atoms with E-state index >= 15 is 0 Å². The summed E-state index contributed by atoms with van der Waals surface area (Å²) < 4.78 is 52.5. The lowest BCUT2D eigenvalue weighted by atomic mass is 9.98. The van der Waals surface area contributed by atoms with Gasteiger partial charge in [0.1, 0.15) is 11.5 Å². The van der Waals surface area contributed by atoms with Crippen molar-refractivity contribution in [3.63, 3.8) is 0 Å². The smallest absolute Gasteiger partial charge is 0.342 e. The highest BCUT2D eigenvalue weighted by atomic mass is 19.4. The number of carbonyl (C=O) groups is 1. The number of amides is 1. The van der Waals surface area contributed by atoms with E-state index in [1.54, 1.807) is 12.1 Å². The summed E-state index contributed by atoms with van der Waals surface area (Å²) in [6.07, 6.45) is -0.235. The first-order valence-corrected chi connectivity index (χ1v) is 9.75. The van der Waals surface area contributed by atoms with Crippen molar-refractivity contribution in [3.8, 4) is 0 Å². The second-order valence-electron chi connectivity index (χ2n) is 7.47. The lowest BCUT2D eigenvalue weighted by molar-refractivity contribution is -0.124. The Morgan fingerprint density at radius 2 is 1.94 bits per heavy atom. The molecule has 31 heavy (non-hydrogen) atoms. The molecule has 0 aliphatic carbocycles. The van der Waals surface area contributed by atoms with E-state index in [9.17, 15) is 27.6 Å². The molecule has 0 bridgehead atoms. The average molecular weight is 436 g/mol. The Morgan fingerprint density at radius 3 is 2.65 bits per heavy atom. The summed E-state index contributed by atoms with van der Waals surface area (Å²) in [5.41, 5.74) is 3.18. The van der Waals surface area contributed by atoms with Gasteiger partial charge in [-0.25, -0.2) is 14.4 Å². The molecule has 164 valence electrons. The van der Waals surface area contributed by atoms with Gasteiger partial charge in [-0.05, 0) is 48.2 Å². The maximum atomic E-state index is 13.2. The summed E-state index contributed by atoms with van der Waals surface area (Å²) in [6.45, 7) is -0.458. The van der Waals surface area contributed by atoms with Gasteiger partial charge < -0.3 is 9.88 Å². The van der Waals surface area contributed by atoms with E-state index in [0.29, 0.717) is 30.0 Å². The first-order chi connectivity index (χ1) is 14.7. The number of aromatic nitrogens is 2. The van der Waals surface area contributed by atoms with E-state index in [2.05, 4.69) is 10.3 Å². The Bertz CT molecular complexity index is 1110. The molecule has 10 heteroatoms. The summed E-state index contributed by atoms with van der Waals surface area (Å²) >= 11 is 0. The van der Waals surface area contributed by atoms with E-state index in [4.69, 9.17) is 0 Å². The summed E-state index contributed by atoms with van der Waals surface area (Å²) in [5, 5.41) is 13.5. The second kappa shape index (κ2) is 8.27. The van der Waals surface area contributed by atoms with Crippen LogP contribution < -0.4 is 5.32 Å². The Kier molecular flexibility index (Phi) is 5.67. The van der Waals surface area contributed by atoms with Gasteiger partial charge in [-0.1, -0.05) is 12.1 Å². The first-order valence-electron chi connectivity index (χ1n) is 9.75. The topological polar surface area (TPSA) is 70.4 Å². The fourth-order valence-corrected chi connectivity index (χ4v) is 3.87. The zero-order valence-electron chi connectivity index (χ0n) is 16.4. The molecule has 0 atom stereocenters. The second-order valence-corrected chi connectivity index (χ2v) is 7.47. The van der Waals surface area contributed by atoms with Gasteiger partial charge in [0.15, 0.2) is 0 Å². The number of rotatable bonds is 6. The molecule has 6 nitrogen and oxygen atoms in total. The number of nitrogens with one attached hydrogen (secondary N) is 1.